The van der Waals surface area contributed by atoms with E-state index in [9.17, 15) is 9.90 Å². The van der Waals surface area contributed by atoms with Gasteiger partial charge < -0.3 is 10.0 Å². The molecule has 0 aromatic heterocycles. The monoisotopic (exact) mass is 310 g/mol. The van der Waals surface area contributed by atoms with Gasteiger partial charge in [-0.1, -0.05) is 23.7 Å². The van der Waals surface area contributed by atoms with Gasteiger partial charge in [0.2, 0.25) is 5.91 Å². The Bertz CT molecular complexity index is 454. The number of carbonyl (C=O) groups excluding carboxylic acids is 1. The maximum atomic E-state index is 12.2. The van der Waals surface area contributed by atoms with Crippen LogP contribution < -0.4 is 0 Å². The third kappa shape index (κ3) is 5.30. The van der Waals surface area contributed by atoms with Gasteiger partial charge in [0, 0.05) is 44.2 Å². The second-order valence-electron chi connectivity index (χ2n) is 5.66. The van der Waals surface area contributed by atoms with Gasteiger partial charge >= 0.3 is 0 Å². The summed E-state index contributed by atoms with van der Waals surface area (Å²) in [6.07, 6.45) is 0.985. The molecule has 1 aromatic carbocycles. The smallest absolute Gasteiger partial charge is 0.222 e. The van der Waals surface area contributed by atoms with Crippen LogP contribution in [-0.2, 0) is 11.2 Å². The molecule has 1 N–H and O–H groups in total. The molecule has 0 radical (unpaired) electrons. The lowest BCUT2D eigenvalue weighted by Gasteiger charge is -2.35. The van der Waals surface area contributed by atoms with Gasteiger partial charge in [0.15, 0.2) is 0 Å². The summed E-state index contributed by atoms with van der Waals surface area (Å²) in [4.78, 5) is 16.3. The molecule has 1 aromatic rings. The predicted octanol–water partition coefficient (Wildman–Crippen LogP) is 1.80. The van der Waals surface area contributed by atoms with Crippen LogP contribution in [0.1, 0.15) is 18.9 Å². The van der Waals surface area contributed by atoms with Crippen LogP contribution in [0.15, 0.2) is 24.3 Å². The number of hydrogen-bond acceptors (Lipinski definition) is 3. The summed E-state index contributed by atoms with van der Waals surface area (Å²) < 4.78 is 0. The molecule has 1 fully saturated rings. The third-order valence-corrected chi connectivity index (χ3v) is 4.04. The summed E-state index contributed by atoms with van der Waals surface area (Å²) in [5.74, 6) is 0.210. The molecule has 1 aliphatic rings. The fraction of sp³-hybridized carbons (Fsp3) is 0.562. The number of benzene rings is 1. The molecular weight excluding hydrogens is 288 g/mol. The van der Waals surface area contributed by atoms with E-state index in [0.717, 1.165) is 43.2 Å². The van der Waals surface area contributed by atoms with Gasteiger partial charge in [-0.05, 0) is 31.0 Å². The quantitative estimate of drug-likeness (QED) is 0.902. The molecule has 0 aliphatic carbocycles. The Morgan fingerprint density at radius 3 is 2.43 bits per heavy atom. The van der Waals surface area contributed by atoms with Crippen molar-refractivity contribution in [1.82, 2.24) is 9.80 Å². The van der Waals surface area contributed by atoms with E-state index in [0.29, 0.717) is 13.0 Å². The highest BCUT2D eigenvalue weighted by Crippen LogP contribution is 2.12. The minimum Gasteiger partial charge on any atom is -0.392 e. The van der Waals surface area contributed by atoms with Crippen molar-refractivity contribution in [3.8, 4) is 0 Å². The summed E-state index contributed by atoms with van der Waals surface area (Å²) in [5, 5.41) is 10.1. The minimum atomic E-state index is -0.308. The van der Waals surface area contributed by atoms with E-state index in [2.05, 4.69) is 4.90 Å². The number of aliphatic hydroxyl groups is 1. The average molecular weight is 311 g/mol. The van der Waals surface area contributed by atoms with Gasteiger partial charge in [-0.3, -0.25) is 9.69 Å². The highest BCUT2D eigenvalue weighted by Gasteiger charge is 2.21. The molecule has 1 atom stereocenters. The number of hydrogen-bond donors (Lipinski definition) is 1. The van der Waals surface area contributed by atoms with E-state index in [4.69, 9.17) is 11.6 Å². The second-order valence-corrected chi connectivity index (χ2v) is 6.09. The van der Waals surface area contributed by atoms with Gasteiger partial charge in [-0.25, -0.2) is 0 Å². The van der Waals surface area contributed by atoms with E-state index in [-0.39, 0.29) is 12.0 Å². The van der Waals surface area contributed by atoms with Crippen LogP contribution in [-0.4, -0.2) is 59.6 Å². The first-order valence-corrected chi connectivity index (χ1v) is 7.85. The number of aliphatic hydroxyl groups excluding tert-OH is 1. The first-order chi connectivity index (χ1) is 10.0. The topological polar surface area (TPSA) is 43.8 Å². The summed E-state index contributed by atoms with van der Waals surface area (Å²) in [6.45, 7) is 5.68. The van der Waals surface area contributed by atoms with E-state index >= 15 is 0 Å². The van der Waals surface area contributed by atoms with E-state index in [1.807, 2.05) is 29.2 Å². The standard InChI is InChI=1S/C16H23ClN2O2/c1-13(20)12-18-8-10-19(11-9-18)16(21)7-4-14-2-5-15(17)6-3-14/h2-3,5-6,13,20H,4,7-12H2,1H3. The van der Waals surface area contributed by atoms with Gasteiger partial charge in [-0.2, -0.15) is 0 Å². The Hall–Kier alpha value is -1.10. The average Bonchev–Trinajstić information content (AvgIpc) is 2.46. The van der Waals surface area contributed by atoms with Crippen molar-refractivity contribution in [3.05, 3.63) is 34.9 Å². The first-order valence-electron chi connectivity index (χ1n) is 7.47. The Balaban J connectivity index is 1.73. The van der Waals surface area contributed by atoms with Crippen LogP contribution in [0.4, 0.5) is 0 Å². The Kier molecular flexibility index (Phi) is 6.03. The van der Waals surface area contributed by atoms with Crippen molar-refractivity contribution in [1.29, 1.82) is 0 Å². The molecule has 1 heterocycles. The van der Waals surface area contributed by atoms with Crippen molar-refractivity contribution < 1.29 is 9.90 Å². The lowest BCUT2D eigenvalue weighted by atomic mass is 10.1. The molecule has 5 heteroatoms. The van der Waals surface area contributed by atoms with Crippen molar-refractivity contribution in [3.63, 3.8) is 0 Å². The predicted molar refractivity (Wildman–Crippen MR) is 84.5 cm³/mol. The van der Waals surface area contributed by atoms with Gasteiger partial charge in [0.25, 0.3) is 0 Å². The SMILES string of the molecule is CC(O)CN1CCN(C(=O)CCc2ccc(Cl)cc2)CC1. The lowest BCUT2D eigenvalue weighted by molar-refractivity contribution is -0.133. The molecule has 0 spiro atoms. The van der Waals surface area contributed by atoms with Crippen molar-refractivity contribution in [2.75, 3.05) is 32.7 Å². The van der Waals surface area contributed by atoms with E-state index in [1.165, 1.54) is 0 Å². The summed E-state index contributed by atoms with van der Waals surface area (Å²) in [5.41, 5.74) is 1.14. The normalized spacial score (nSPS) is 17.8. The van der Waals surface area contributed by atoms with Crippen LogP contribution in [0.5, 0.6) is 0 Å². The Morgan fingerprint density at radius 1 is 1.24 bits per heavy atom. The highest BCUT2D eigenvalue weighted by atomic mass is 35.5. The number of nitrogens with zero attached hydrogens (tertiary/aromatic N) is 2. The van der Waals surface area contributed by atoms with Gasteiger partial charge in [-0.15, -0.1) is 0 Å². The molecule has 0 bridgehead atoms. The second kappa shape index (κ2) is 7.78. The number of piperazine rings is 1. The molecule has 1 unspecified atom stereocenters. The van der Waals surface area contributed by atoms with Crippen LogP contribution in [0.3, 0.4) is 0 Å². The van der Waals surface area contributed by atoms with Crippen molar-refractivity contribution >= 4 is 17.5 Å². The fourth-order valence-electron chi connectivity index (χ4n) is 2.61. The van der Waals surface area contributed by atoms with Crippen molar-refractivity contribution in [2.24, 2.45) is 0 Å². The van der Waals surface area contributed by atoms with Crippen molar-refractivity contribution in [2.45, 2.75) is 25.9 Å². The molecular formula is C16H23ClN2O2. The first kappa shape index (κ1) is 16.3. The number of aryl methyl sites for hydroxylation is 1. The molecule has 1 saturated heterocycles. The molecule has 4 nitrogen and oxygen atoms in total. The van der Waals surface area contributed by atoms with E-state index in [1.54, 1.807) is 6.92 Å². The number of rotatable bonds is 5. The van der Waals surface area contributed by atoms with Crippen LogP contribution in [0.25, 0.3) is 0 Å². The number of β-amino-alcohol motifs (C(OH)–C–C–N with tert-alkyl or cyclic N) is 1. The highest BCUT2D eigenvalue weighted by molar-refractivity contribution is 6.30. The molecule has 1 aliphatic heterocycles. The zero-order valence-corrected chi connectivity index (χ0v) is 13.2. The molecule has 2 rings (SSSR count). The lowest BCUT2D eigenvalue weighted by Crippen LogP contribution is -2.50. The van der Waals surface area contributed by atoms with E-state index < -0.39 is 0 Å². The maximum absolute atomic E-state index is 12.2. The molecule has 21 heavy (non-hydrogen) atoms. The summed E-state index contributed by atoms with van der Waals surface area (Å²) in [6, 6.07) is 7.65. The molecule has 116 valence electrons. The van der Waals surface area contributed by atoms with Crippen LogP contribution >= 0.6 is 11.6 Å². The van der Waals surface area contributed by atoms with Crippen LogP contribution in [0.2, 0.25) is 5.02 Å². The zero-order chi connectivity index (χ0) is 15.2. The third-order valence-electron chi connectivity index (χ3n) is 3.79. The van der Waals surface area contributed by atoms with Gasteiger partial charge in [0.1, 0.15) is 0 Å². The maximum Gasteiger partial charge on any atom is 0.222 e. The molecule has 0 saturated carbocycles. The fourth-order valence-corrected chi connectivity index (χ4v) is 2.74. The number of halogens is 1. The largest absolute Gasteiger partial charge is 0.392 e. The summed E-state index contributed by atoms with van der Waals surface area (Å²) >= 11 is 5.85. The minimum absolute atomic E-state index is 0.210. The number of carbonyl (C=O) groups is 1. The van der Waals surface area contributed by atoms with Gasteiger partial charge in [0.05, 0.1) is 6.10 Å². The summed E-state index contributed by atoms with van der Waals surface area (Å²) in [7, 11) is 0. The Labute approximate surface area is 131 Å². The molecule has 1 amide bonds. The van der Waals surface area contributed by atoms with Crippen LogP contribution in [0, 0.1) is 0 Å². The Morgan fingerprint density at radius 2 is 1.86 bits per heavy atom. The number of amides is 1. The zero-order valence-electron chi connectivity index (χ0n) is 12.5.